The molecule has 0 bridgehead atoms. The summed E-state index contributed by atoms with van der Waals surface area (Å²) in [6.45, 7) is 7.14. The number of hydrogen-bond acceptors (Lipinski definition) is 3. The van der Waals surface area contributed by atoms with Crippen molar-refractivity contribution in [2.45, 2.75) is 27.7 Å². The summed E-state index contributed by atoms with van der Waals surface area (Å²) in [6.07, 6.45) is 0. The zero-order valence-corrected chi connectivity index (χ0v) is 9.43. The molecule has 1 aromatic heterocycles. The molecule has 0 amide bonds. The second kappa shape index (κ2) is 4.29. The molecule has 1 rings (SSSR count). The van der Waals surface area contributed by atoms with Gasteiger partial charge in [0.25, 0.3) is 0 Å². The van der Waals surface area contributed by atoms with E-state index in [0.717, 1.165) is 11.1 Å². The van der Waals surface area contributed by atoms with Crippen molar-refractivity contribution in [1.82, 2.24) is 4.98 Å². The maximum absolute atomic E-state index is 11.5. The first-order valence-electron chi connectivity index (χ1n) is 4.86. The zero-order chi connectivity index (χ0) is 11.6. The molecule has 0 atom stereocenters. The van der Waals surface area contributed by atoms with E-state index in [2.05, 4.69) is 4.98 Å². The Hall–Kier alpha value is -1.58. The Morgan fingerprint density at radius 1 is 1.20 bits per heavy atom. The average Bonchev–Trinajstić information content (AvgIpc) is 2.45. The summed E-state index contributed by atoms with van der Waals surface area (Å²) in [5.41, 5.74) is 2.44. The van der Waals surface area contributed by atoms with E-state index in [4.69, 9.17) is 4.74 Å². The number of carbonyl (C=O) groups excluding carboxylic acids is 2. The molecule has 0 aliphatic carbocycles. The lowest BCUT2D eigenvalue weighted by Crippen LogP contribution is -2.07. The van der Waals surface area contributed by atoms with E-state index in [-0.39, 0.29) is 5.78 Å². The van der Waals surface area contributed by atoms with Gasteiger partial charge >= 0.3 is 5.97 Å². The number of aromatic amines is 1. The second-order valence-electron chi connectivity index (χ2n) is 3.40. The molecule has 1 N–H and O–H groups in total. The minimum atomic E-state index is -0.411. The average molecular weight is 209 g/mol. The Bertz CT molecular complexity index is 404. The van der Waals surface area contributed by atoms with Gasteiger partial charge in [-0.1, -0.05) is 0 Å². The van der Waals surface area contributed by atoms with Crippen molar-refractivity contribution in [2.75, 3.05) is 6.61 Å². The number of Topliss-reactive ketones (excluding diaryl/α,β-unsaturated/α-hetero) is 1. The topological polar surface area (TPSA) is 59.2 Å². The first kappa shape index (κ1) is 11.5. The van der Waals surface area contributed by atoms with Gasteiger partial charge < -0.3 is 9.72 Å². The summed E-state index contributed by atoms with van der Waals surface area (Å²) in [5.74, 6) is -0.489. The number of rotatable bonds is 3. The van der Waals surface area contributed by atoms with Crippen LogP contribution in [0.2, 0.25) is 0 Å². The van der Waals surface area contributed by atoms with Gasteiger partial charge in [0.1, 0.15) is 5.69 Å². The zero-order valence-electron chi connectivity index (χ0n) is 9.43. The number of esters is 1. The third-order valence-electron chi connectivity index (χ3n) is 2.39. The van der Waals surface area contributed by atoms with Crippen LogP contribution in [0.25, 0.3) is 0 Å². The predicted molar refractivity (Wildman–Crippen MR) is 56.2 cm³/mol. The normalized spacial score (nSPS) is 10.1. The van der Waals surface area contributed by atoms with Crippen LogP contribution < -0.4 is 0 Å². The van der Waals surface area contributed by atoms with Crippen molar-refractivity contribution in [3.63, 3.8) is 0 Å². The largest absolute Gasteiger partial charge is 0.461 e. The maximum atomic E-state index is 11.5. The van der Waals surface area contributed by atoms with Gasteiger partial charge in [-0.15, -0.1) is 0 Å². The molecule has 15 heavy (non-hydrogen) atoms. The molecular weight excluding hydrogens is 194 g/mol. The quantitative estimate of drug-likeness (QED) is 0.612. The number of aromatic nitrogens is 1. The van der Waals surface area contributed by atoms with Crippen LogP contribution in [-0.4, -0.2) is 23.3 Å². The molecule has 1 heterocycles. The minimum absolute atomic E-state index is 0.0776. The molecule has 0 fully saturated rings. The molecule has 4 heteroatoms. The smallest absolute Gasteiger partial charge is 0.355 e. The molecule has 0 aromatic carbocycles. The summed E-state index contributed by atoms with van der Waals surface area (Å²) < 4.78 is 4.88. The van der Waals surface area contributed by atoms with E-state index in [9.17, 15) is 9.59 Å². The summed E-state index contributed by atoms with van der Waals surface area (Å²) in [4.78, 5) is 25.5. The van der Waals surface area contributed by atoms with Crippen LogP contribution >= 0.6 is 0 Å². The minimum Gasteiger partial charge on any atom is -0.461 e. The van der Waals surface area contributed by atoms with E-state index in [1.165, 1.54) is 6.92 Å². The maximum Gasteiger partial charge on any atom is 0.355 e. The third kappa shape index (κ3) is 2.09. The highest BCUT2D eigenvalue weighted by Crippen LogP contribution is 2.18. The van der Waals surface area contributed by atoms with Gasteiger partial charge in [0.15, 0.2) is 5.78 Å². The molecule has 0 unspecified atom stereocenters. The van der Waals surface area contributed by atoms with Gasteiger partial charge in [-0.25, -0.2) is 4.79 Å². The highest BCUT2D eigenvalue weighted by molar-refractivity contribution is 5.98. The Kier molecular flexibility index (Phi) is 3.29. The fraction of sp³-hybridized carbons (Fsp3) is 0.455. The van der Waals surface area contributed by atoms with E-state index in [0.29, 0.717) is 18.0 Å². The van der Waals surface area contributed by atoms with Crippen molar-refractivity contribution in [3.05, 3.63) is 22.5 Å². The third-order valence-corrected chi connectivity index (χ3v) is 2.39. The number of hydrogen-bond donors (Lipinski definition) is 1. The lowest BCUT2D eigenvalue weighted by atomic mass is 10.1. The number of carbonyl (C=O) groups is 2. The number of nitrogens with one attached hydrogen (secondary N) is 1. The lowest BCUT2D eigenvalue weighted by Gasteiger charge is -1.99. The first-order chi connectivity index (χ1) is 6.99. The fourth-order valence-electron chi connectivity index (χ4n) is 1.45. The molecule has 0 aliphatic rings. The van der Waals surface area contributed by atoms with Crippen LogP contribution in [0.3, 0.4) is 0 Å². The molecule has 0 saturated heterocycles. The highest BCUT2D eigenvalue weighted by atomic mass is 16.5. The van der Waals surface area contributed by atoms with Gasteiger partial charge in [-0.3, -0.25) is 4.79 Å². The summed E-state index contributed by atoms with van der Waals surface area (Å²) in [6, 6.07) is 0. The highest BCUT2D eigenvalue weighted by Gasteiger charge is 2.19. The number of H-pyrrole nitrogens is 1. The molecule has 1 aromatic rings. The Balaban J connectivity index is 3.16. The van der Waals surface area contributed by atoms with Crippen LogP contribution in [0.15, 0.2) is 0 Å². The summed E-state index contributed by atoms with van der Waals surface area (Å²) in [5, 5.41) is 0. The van der Waals surface area contributed by atoms with Crippen LogP contribution in [0.4, 0.5) is 0 Å². The van der Waals surface area contributed by atoms with E-state index >= 15 is 0 Å². The summed E-state index contributed by atoms with van der Waals surface area (Å²) in [7, 11) is 0. The van der Waals surface area contributed by atoms with E-state index in [1.54, 1.807) is 13.8 Å². The monoisotopic (exact) mass is 209 g/mol. The lowest BCUT2D eigenvalue weighted by molar-refractivity contribution is 0.0519. The van der Waals surface area contributed by atoms with Crippen LogP contribution in [0.1, 0.15) is 46.0 Å². The van der Waals surface area contributed by atoms with Crippen molar-refractivity contribution in [1.29, 1.82) is 0 Å². The Morgan fingerprint density at radius 2 is 1.73 bits per heavy atom. The second-order valence-corrected chi connectivity index (χ2v) is 3.40. The molecule has 82 valence electrons. The SMILES string of the molecule is CCOC(=O)c1[nH]c(C(C)=O)c(C)c1C. The number of ketones is 1. The van der Waals surface area contributed by atoms with Crippen molar-refractivity contribution in [3.8, 4) is 0 Å². The van der Waals surface area contributed by atoms with Crippen LogP contribution in [-0.2, 0) is 4.74 Å². The van der Waals surface area contributed by atoms with Crippen molar-refractivity contribution < 1.29 is 14.3 Å². The van der Waals surface area contributed by atoms with Crippen LogP contribution in [0.5, 0.6) is 0 Å². The predicted octanol–water partition coefficient (Wildman–Crippen LogP) is 2.01. The standard InChI is InChI=1S/C11H15NO3/c1-5-15-11(14)10-7(3)6(2)9(12-10)8(4)13/h12H,5H2,1-4H3. The molecule has 0 spiro atoms. The van der Waals surface area contributed by atoms with E-state index in [1.807, 2.05) is 6.92 Å². The van der Waals surface area contributed by atoms with Crippen LogP contribution in [0, 0.1) is 13.8 Å². The molecule has 0 radical (unpaired) electrons. The van der Waals surface area contributed by atoms with Gasteiger partial charge in [0.05, 0.1) is 12.3 Å². The van der Waals surface area contributed by atoms with Crippen molar-refractivity contribution in [2.24, 2.45) is 0 Å². The van der Waals surface area contributed by atoms with Gasteiger partial charge in [0.2, 0.25) is 0 Å². The molecule has 4 nitrogen and oxygen atoms in total. The number of ether oxygens (including phenoxy) is 1. The molecule has 0 saturated carbocycles. The fourth-order valence-corrected chi connectivity index (χ4v) is 1.45. The van der Waals surface area contributed by atoms with Crippen molar-refractivity contribution >= 4 is 11.8 Å². The van der Waals surface area contributed by atoms with Gasteiger partial charge in [-0.2, -0.15) is 0 Å². The molecular formula is C11H15NO3. The molecule has 0 aliphatic heterocycles. The Labute approximate surface area is 88.6 Å². The first-order valence-corrected chi connectivity index (χ1v) is 4.86. The Morgan fingerprint density at radius 3 is 2.13 bits per heavy atom. The van der Waals surface area contributed by atoms with Gasteiger partial charge in [-0.05, 0) is 31.9 Å². The summed E-state index contributed by atoms with van der Waals surface area (Å²) >= 11 is 0. The van der Waals surface area contributed by atoms with E-state index < -0.39 is 5.97 Å². The van der Waals surface area contributed by atoms with Gasteiger partial charge in [0, 0.05) is 6.92 Å².